The summed E-state index contributed by atoms with van der Waals surface area (Å²) in [5.41, 5.74) is 10.8. The number of hydrogen-bond donors (Lipinski definition) is 2. The van der Waals surface area contributed by atoms with Gasteiger partial charge in [0.1, 0.15) is 5.82 Å². The maximum atomic E-state index is 12.9. The van der Waals surface area contributed by atoms with Crippen molar-refractivity contribution >= 4 is 27.5 Å². The number of primary amides is 1. The van der Waals surface area contributed by atoms with Crippen molar-refractivity contribution < 1.29 is 9.18 Å². The zero-order chi connectivity index (χ0) is 10.0. The van der Waals surface area contributed by atoms with Crippen LogP contribution in [0.1, 0.15) is 5.56 Å². The van der Waals surface area contributed by atoms with Crippen LogP contribution in [0.2, 0.25) is 0 Å². The molecule has 0 fully saturated rings. The third-order valence-corrected chi connectivity index (χ3v) is 2.27. The van der Waals surface area contributed by atoms with Crippen LogP contribution < -0.4 is 11.5 Å². The highest BCUT2D eigenvalue weighted by molar-refractivity contribution is 9.10. The van der Waals surface area contributed by atoms with Gasteiger partial charge in [-0.2, -0.15) is 0 Å². The lowest BCUT2D eigenvalue weighted by Crippen LogP contribution is -2.14. The van der Waals surface area contributed by atoms with Crippen molar-refractivity contribution in [3.05, 3.63) is 28.0 Å². The Morgan fingerprint density at radius 3 is 2.69 bits per heavy atom. The first-order valence-electron chi connectivity index (χ1n) is 3.52. The second-order valence-electron chi connectivity index (χ2n) is 2.61. The number of amides is 1. The van der Waals surface area contributed by atoms with Crippen LogP contribution in [0, 0.1) is 5.82 Å². The van der Waals surface area contributed by atoms with E-state index in [-0.39, 0.29) is 12.1 Å². The molecule has 13 heavy (non-hydrogen) atoms. The Balaban J connectivity index is 3.08. The van der Waals surface area contributed by atoms with Gasteiger partial charge in [0, 0.05) is 4.47 Å². The first-order chi connectivity index (χ1) is 6.00. The molecule has 3 nitrogen and oxygen atoms in total. The summed E-state index contributed by atoms with van der Waals surface area (Å²) in [4.78, 5) is 10.6. The summed E-state index contributed by atoms with van der Waals surface area (Å²) in [6.45, 7) is 0. The Hall–Kier alpha value is -1.10. The number of benzene rings is 1. The lowest BCUT2D eigenvalue weighted by molar-refractivity contribution is -0.117. The second kappa shape index (κ2) is 3.74. The maximum Gasteiger partial charge on any atom is 0.221 e. The fourth-order valence-electron chi connectivity index (χ4n) is 0.927. The predicted molar refractivity (Wildman–Crippen MR) is 51.4 cm³/mol. The lowest BCUT2D eigenvalue weighted by Gasteiger charge is -2.04. The van der Waals surface area contributed by atoms with E-state index in [2.05, 4.69) is 15.9 Å². The van der Waals surface area contributed by atoms with Crippen LogP contribution in [0.25, 0.3) is 0 Å². The van der Waals surface area contributed by atoms with Crippen molar-refractivity contribution in [2.45, 2.75) is 6.42 Å². The molecule has 70 valence electrons. The Labute approximate surface area is 83.0 Å². The topological polar surface area (TPSA) is 69.1 Å². The van der Waals surface area contributed by atoms with Gasteiger partial charge < -0.3 is 11.5 Å². The molecular weight excluding hydrogens is 239 g/mol. The van der Waals surface area contributed by atoms with Gasteiger partial charge >= 0.3 is 0 Å². The lowest BCUT2D eigenvalue weighted by atomic mass is 10.1. The van der Waals surface area contributed by atoms with Crippen molar-refractivity contribution in [3.63, 3.8) is 0 Å². The van der Waals surface area contributed by atoms with Crippen LogP contribution in [0.4, 0.5) is 10.1 Å². The molecule has 0 aliphatic heterocycles. The summed E-state index contributed by atoms with van der Waals surface area (Å²) in [5, 5.41) is 0. The van der Waals surface area contributed by atoms with Gasteiger partial charge in [0.25, 0.3) is 0 Å². The summed E-state index contributed by atoms with van der Waals surface area (Å²) < 4.78 is 13.5. The van der Waals surface area contributed by atoms with Gasteiger partial charge in [-0.15, -0.1) is 0 Å². The van der Waals surface area contributed by atoms with E-state index in [0.717, 1.165) is 0 Å². The highest BCUT2D eigenvalue weighted by atomic mass is 79.9. The Morgan fingerprint density at radius 1 is 1.54 bits per heavy atom. The van der Waals surface area contributed by atoms with E-state index < -0.39 is 11.7 Å². The quantitative estimate of drug-likeness (QED) is 0.771. The third-order valence-electron chi connectivity index (χ3n) is 1.53. The molecule has 0 saturated carbocycles. The normalized spacial score (nSPS) is 10.0. The molecule has 0 aliphatic carbocycles. The van der Waals surface area contributed by atoms with Crippen LogP contribution in [0.5, 0.6) is 0 Å². The number of anilines is 1. The molecule has 0 saturated heterocycles. The van der Waals surface area contributed by atoms with Gasteiger partial charge in [-0.3, -0.25) is 4.79 Å². The minimum Gasteiger partial charge on any atom is -0.396 e. The van der Waals surface area contributed by atoms with Gasteiger partial charge in [-0.05, 0) is 17.7 Å². The Morgan fingerprint density at radius 2 is 2.15 bits per heavy atom. The molecule has 4 N–H and O–H groups in total. The number of rotatable bonds is 2. The number of nitrogen functional groups attached to an aromatic ring is 1. The fraction of sp³-hybridized carbons (Fsp3) is 0.125. The first-order valence-corrected chi connectivity index (χ1v) is 4.31. The minimum atomic E-state index is -0.542. The zero-order valence-corrected chi connectivity index (χ0v) is 8.27. The van der Waals surface area contributed by atoms with Gasteiger partial charge in [0.2, 0.25) is 5.91 Å². The van der Waals surface area contributed by atoms with Gasteiger partial charge in [0.15, 0.2) is 0 Å². The smallest absolute Gasteiger partial charge is 0.221 e. The standard InChI is InChI=1S/C8H8BrFN2O/c9-5-3-7(11)6(10)1-4(5)2-8(12)13/h1,3H,2,11H2,(H2,12,13). The third kappa shape index (κ3) is 2.42. The minimum absolute atomic E-state index is 0.00220. The molecule has 0 heterocycles. The molecule has 1 rings (SSSR count). The predicted octanol–water partition coefficient (Wildman–Crippen LogP) is 1.20. The van der Waals surface area contributed by atoms with E-state index in [1.54, 1.807) is 0 Å². The molecule has 1 amide bonds. The average Bonchev–Trinajstić information content (AvgIpc) is 1.99. The van der Waals surface area contributed by atoms with Gasteiger partial charge in [-0.25, -0.2) is 4.39 Å². The largest absolute Gasteiger partial charge is 0.396 e. The van der Waals surface area contributed by atoms with Crippen LogP contribution >= 0.6 is 15.9 Å². The van der Waals surface area contributed by atoms with Crippen LogP contribution in [-0.2, 0) is 11.2 Å². The molecule has 0 aromatic heterocycles. The van der Waals surface area contributed by atoms with Gasteiger partial charge in [0.05, 0.1) is 12.1 Å². The van der Waals surface area contributed by atoms with E-state index >= 15 is 0 Å². The van der Waals surface area contributed by atoms with E-state index in [1.165, 1.54) is 12.1 Å². The molecule has 0 spiro atoms. The van der Waals surface area contributed by atoms with Gasteiger partial charge in [-0.1, -0.05) is 15.9 Å². The first kappa shape index (κ1) is 9.98. The number of carbonyl (C=O) groups excluding carboxylic acids is 1. The zero-order valence-electron chi connectivity index (χ0n) is 6.68. The average molecular weight is 247 g/mol. The Kier molecular flexibility index (Phi) is 2.87. The molecule has 0 aliphatic rings. The van der Waals surface area contributed by atoms with Crippen LogP contribution in [-0.4, -0.2) is 5.91 Å². The summed E-state index contributed by atoms with van der Waals surface area (Å²) in [6.07, 6.45) is -0.00220. The monoisotopic (exact) mass is 246 g/mol. The molecule has 0 atom stereocenters. The SMILES string of the molecule is NC(=O)Cc1cc(F)c(N)cc1Br. The van der Waals surface area contributed by atoms with Crippen molar-refractivity contribution in [2.75, 3.05) is 5.73 Å². The molecule has 0 radical (unpaired) electrons. The van der Waals surface area contributed by atoms with E-state index in [0.29, 0.717) is 10.0 Å². The maximum absolute atomic E-state index is 12.9. The van der Waals surface area contributed by atoms with Crippen molar-refractivity contribution in [1.82, 2.24) is 0 Å². The van der Waals surface area contributed by atoms with Crippen molar-refractivity contribution in [1.29, 1.82) is 0 Å². The summed E-state index contributed by atoms with van der Waals surface area (Å²) >= 11 is 3.16. The summed E-state index contributed by atoms with van der Waals surface area (Å²) in [6, 6.07) is 2.61. The van der Waals surface area contributed by atoms with E-state index in [4.69, 9.17) is 11.5 Å². The summed E-state index contributed by atoms with van der Waals surface area (Å²) in [5.74, 6) is -1.05. The number of halogens is 2. The molecule has 0 unspecified atom stereocenters. The highest BCUT2D eigenvalue weighted by Gasteiger charge is 2.07. The van der Waals surface area contributed by atoms with E-state index in [9.17, 15) is 9.18 Å². The van der Waals surface area contributed by atoms with Crippen LogP contribution in [0.15, 0.2) is 16.6 Å². The molecule has 0 bridgehead atoms. The van der Waals surface area contributed by atoms with Crippen molar-refractivity contribution in [2.24, 2.45) is 5.73 Å². The highest BCUT2D eigenvalue weighted by Crippen LogP contribution is 2.23. The van der Waals surface area contributed by atoms with Crippen molar-refractivity contribution in [3.8, 4) is 0 Å². The molecule has 1 aromatic carbocycles. The number of carbonyl (C=O) groups is 1. The number of nitrogens with two attached hydrogens (primary N) is 2. The van der Waals surface area contributed by atoms with E-state index in [1.807, 2.05) is 0 Å². The molecule has 1 aromatic rings. The second-order valence-corrected chi connectivity index (χ2v) is 3.46. The van der Waals surface area contributed by atoms with Crippen LogP contribution in [0.3, 0.4) is 0 Å². The Bertz CT molecular complexity index is 354. The summed E-state index contributed by atoms with van der Waals surface area (Å²) in [7, 11) is 0. The fourth-order valence-corrected chi connectivity index (χ4v) is 1.43. The molecule has 5 heteroatoms. The molecular formula is C8H8BrFN2O. The number of hydrogen-bond acceptors (Lipinski definition) is 2.